The van der Waals surface area contributed by atoms with Crippen LogP contribution in [0.2, 0.25) is 5.02 Å². The van der Waals surface area contributed by atoms with Crippen molar-refractivity contribution < 1.29 is 14.4 Å². The molecule has 2 aliphatic heterocycles. The molecule has 0 radical (unpaired) electrons. The number of hydrogen-bond acceptors (Lipinski definition) is 7. The molecule has 0 saturated heterocycles. The van der Waals surface area contributed by atoms with Crippen molar-refractivity contribution in [3.8, 4) is 0 Å². The van der Waals surface area contributed by atoms with Crippen molar-refractivity contribution in [2.75, 3.05) is 27.2 Å². The van der Waals surface area contributed by atoms with Gasteiger partial charge in [-0.05, 0) is 32.9 Å². The Morgan fingerprint density at radius 2 is 2.03 bits per heavy atom. The van der Waals surface area contributed by atoms with Crippen LogP contribution in [0.3, 0.4) is 0 Å². The fraction of sp³-hybridized carbons (Fsp3) is 0.407. The molecule has 2 amide bonds. The minimum Gasteiger partial charge on any atom is -0.361 e. The number of benzene rings is 1. The molecule has 1 unspecified atom stereocenters. The summed E-state index contributed by atoms with van der Waals surface area (Å²) in [5.41, 5.74) is 5.34. The summed E-state index contributed by atoms with van der Waals surface area (Å²) in [6.07, 6.45) is 4.60. The van der Waals surface area contributed by atoms with E-state index in [2.05, 4.69) is 41.2 Å². The summed E-state index contributed by atoms with van der Waals surface area (Å²) in [6, 6.07) is 5.39. The molecule has 1 atom stereocenters. The maximum atomic E-state index is 13.4. The first-order valence-electron chi connectivity index (χ1n) is 12.3. The van der Waals surface area contributed by atoms with E-state index in [0.717, 1.165) is 11.1 Å². The fourth-order valence-electron chi connectivity index (χ4n) is 3.40. The third-order valence-electron chi connectivity index (χ3n) is 5.27. The molecule has 3 rings (SSSR count). The van der Waals surface area contributed by atoms with Crippen LogP contribution in [0.4, 0.5) is 0 Å². The third kappa shape index (κ3) is 7.53. The van der Waals surface area contributed by atoms with E-state index in [1.165, 1.54) is 11.3 Å². The number of halogens is 1. The van der Waals surface area contributed by atoms with Gasteiger partial charge < -0.3 is 10.2 Å². The Bertz CT molecular complexity index is 1150. The van der Waals surface area contributed by atoms with Crippen LogP contribution in [-0.2, 0) is 14.4 Å². The van der Waals surface area contributed by atoms with Gasteiger partial charge in [0.15, 0.2) is 12.1 Å². The molecule has 2 aliphatic rings. The minimum atomic E-state index is -0.283. The Morgan fingerprint density at radius 1 is 1.35 bits per heavy atom. The minimum absolute atomic E-state index is 0.0564. The lowest BCUT2D eigenvalue weighted by molar-refractivity contribution is -0.127. The Balaban J connectivity index is 0.00000153. The molecule has 0 fully saturated rings. The molecule has 0 spiro atoms. The smallest absolute Gasteiger partial charge is 0.260 e. The number of allylic oxidation sites excluding steroid dienone is 1. The normalized spacial score (nSPS) is 19.1. The highest BCUT2D eigenvalue weighted by molar-refractivity contribution is 6.37. The summed E-state index contributed by atoms with van der Waals surface area (Å²) in [5, 5.41) is 3.31. The van der Waals surface area contributed by atoms with Gasteiger partial charge in [0.05, 0.1) is 6.54 Å². The van der Waals surface area contributed by atoms with E-state index in [4.69, 9.17) is 16.4 Å². The number of hydrogen-bond donors (Lipinski definition) is 2. The predicted octanol–water partition coefficient (Wildman–Crippen LogP) is 4.12. The van der Waals surface area contributed by atoms with Crippen molar-refractivity contribution >= 4 is 40.7 Å². The lowest BCUT2D eigenvalue weighted by Gasteiger charge is -2.30. The molecule has 0 aliphatic carbocycles. The van der Waals surface area contributed by atoms with Crippen LogP contribution in [0.1, 0.15) is 52.2 Å². The molecule has 0 saturated carbocycles. The molecule has 0 aromatic heterocycles. The first-order valence-corrected chi connectivity index (χ1v) is 12.7. The van der Waals surface area contributed by atoms with Gasteiger partial charge in [0, 0.05) is 47.9 Å². The van der Waals surface area contributed by atoms with Gasteiger partial charge in [-0.2, -0.15) is 0 Å². The number of hydroxylamine groups is 1. The summed E-state index contributed by atoms with van der Waals surface area (Å²) < 4.78 is 0. The largest absolute Gasteiger partial charge is 0.361 e. The van der Waals surface area contributed by atoms with Gasteiger partial charge >= 0.3 is 0 Å². The van der Waals surface area contributed by atoms with E-state index < -0.39 is 0 Å². The van der Waals surface area contributed by atoms with E-state index in [9.17, 15) is 9.59 Å². The predicted molar refractivity (Wildman–Crippen MR) is 150 cm³/mol. The second kappa shape index (κ2) is 13.8. The highest BCUT2D eigenvalue weighted by Gasteiger charge is 2.31. The fourth-order valence-corrected chi connectivity index (χ4v) is 3.68. The van der Waals surface area contributed by atoms with E-state index in [-0.39, 0.29) is 30.4 Å². The van der Waals surface area contributed by atoms with Crippen LogP contribution < -0.4 is 10.8 Å². The zero-order valence-corrected chi connectivity index (χ0v) is 23.4. The van der Waals surface area contributed by atoms with Crippen LogP contribution >= 0.6 is 11.6 Å². The molecule has 37 heavy (non-hydrogen) atoms. The molecule has 0 bridgehead atoms. The average Bonchev–Trinajstić information content (AvgIpc) is 3.30. The van der Waals surface area contributed by atoms with Crippen molar-refractivity contribution in [2.45, 2.75) is 47.3 Å². The summed E-state index contributed by atoms with van der Waals surface area (Å²) >= 11 is 6.60. The van der Waals surface area contributed by atoms with Gasteiger partial charge in [-0.15, -0.1) is 0 Å². The number of carbonyl (C=O) groups excluding carboxylic acids is 2. The molecule has 2 heterocycles. The lowest BCUT2D eigenvalue weighted by atomic mass is 9.95. The topological polar surface area (TPSA) is 98.6 Å². The van der Waals surface area contributed by atoms with E-state index in [1.807, 2.05) is 32.9 Å². The number of nitrogens with one attached hydrogen (secondary N) is 2. The van der Waals surface area contributed by atoms with E-state index >= 15 is 0 Å². The molecular weight excluding hydrogens is 492 g/mol. The summed E-state index contributed by atoms with van der Waals surface area (Å²) in [6.45, 7) is 14.1. The third-order valence-corrected chi connectivity index (χ3v) is 5.58. The summed E-state index contributed by atoms with van der Waals surface area (Å²) in [4.78, 5) is 42.4. The highest BCUT2D eigenvalue weighted by Crippen LogP contribution is 2.32. The summed E-state index contributed by atoms with van der Waals surface area (Å²) in [5.74, 6) is 0.988. The van der Waals surface area contributed by atoms with Crippen LogP contribution in [-0.4, -0.2) is 66.7 Å². The molecule has 2 N–H and O–H groups in total. The van der Waals surface area contributed by atoms with Crippen molar-refractivity contribution in [2.24, 2.45) is 9.98 Å². The number of nitrogens with zero attached hydrogens (tertiary/aromatic N) is 4. The Kier molecular flexibility index (Phi) is 11.1. The maximum absolute atomic E-state index is 13.4. The standard InChI is InChI=1S/C24H29ClN6O3.C3H8/c1-7-16-11-19(18-10-9-17(12-20(18)25)22-28-15(4)34-29-22)24(33)31(8-2)23(16)27-14(3)26-13-21(32)30(5)6;1-3-2/h7,9-12,15,26H,3,8,13H2,1-2,4-6H3,(H,28,29);3H2,1-2H3/b16-7-,27-23+;. The number of amidine groups is 2. The van der Waals surface area contributed by atoms with Gasteiger partial charge in [-0.3, -0.25) is 14.5 Å². The summed E-state index contributed by atoms with van der Waals surface area (Å²) in [7, 11) is 3.34. The quantitative estimate of drug-likeness (QED) is 0.554. The Hall–Kier alpha value is -3.43. The zero-order valence-electron chi connectivity index (χ0n) is 22.7. The molecular formula is C27H37ClN6O3. The van der Waals surface area contributed by atoms with Gasteiger partial charge in [0.2, 0.25) is 5.91 Å². The molecule has 1 aromatic rings. The van der Waals surface area contributed by atoms with Gasteiger partial charge in [-0.25, -0.2) is 20.3 Å². The van der Waals surface area contributed by atoms with Crippen molar-refractivity contribution in [3.05, 3.63) is 64.5 Å². The van der Waals surface area contributed by atoms with Gasteiger partial charge in [0.1, 0.15) is 11.7 Å². The van der Waals surface area contributed by atoms with Crippen molar-refractivity contribution in [1.82, 2.24) is 20.6 Å². The Labute approximate surface area is 224 Å². The maximum Gasteiger partial charge on any atom is 0.260 e. The lowest BCUT2D eigenvalue weighted by Crippen LogP contribution is -2.41. The number of aliphatic imine (C=N–C) groups is 2. The van der Waals surface area contributed by atoms with Crippen LogP contribution in [0, 0.1) is 0 Å². The second-order valence-electron chi connectivity index (χ2n) is 8.57. The van der Waals surface area contributed by atoms with Crippen molar-refractivity contribution in [3.63, 3.8) is 0 Å². The number of likely N-dealkylation sites (N-methyl/N-ethyl adjacent to an activating group) is 2. The molecule has 10 heteroatoms. The zero-order chi connectivity index (χ0) is 27.7. The number of rotatable bonds is 7. The van der Waals surface area contributed by atoms with Crippen molar-refractivity contribution in [1.29, 1.82) is 0 Å². The molecule has 200 valence electrons. The second-order valence-corrected chi connectivity index (χ2v) is 8.98. The number of amides is 2. The van der Waals surface area contributed by atoms with Crippen LogP contribution in [0.25, 0.3) is 5.57 Å². The Morgan fingerprint density at radius 3 is 2.54 bits per heavy atom. The first-order chi connectivity index (χ1) is 17.6. The number of carbonyl (C=O) groups is 2. The van der Waals surface area contributed by atoms with E-state index in [1.54, 1.807) is 37.2 Å². The van der Waals surface area contributed by atoms with Crippen LogP contribution in [0.15, 0.2) is 58.3 Å². The SMILES string of the molecule is C=C(/N=C1\C(=C/C)C=C(c2ccc(C3=NC(C)ON3)cc2Cl)C(=O)N1CC)NCC(=O)N(C)C.CCC. The highest BCUT2D eigenvalue weighted by atomic mass is 35.5. The first kappa shape index (κ1) is 29.8. The van der Waals surface area contributed by atoms with Crippen LogP contribution in [0.5, 0.6) is 0 Å². The van der Waals surface area contributed by atoms with Gasteiger partial charge in [0.25, 0.3) is 5.91 Å². The molecule has 1 aromatic carbocycles. The molecule has 9 nitrogen and oxygen atoms in total. The average molecular weight is 529 g/mol. The van der Waals surface area contributed by atoms with Gasteiger partial charge in [-0.1, -0.05) is 56.7 Å². The monoisotopic (exact) mass is 528 g/mol. The van der Waals surface area contributed by atoms with E-state index in [0.29, 0.717) is 34.4 Å².